The Morgan fingerprint density at radius 3 is 2.35 bits per heavy atom. The zero-order valence-corrected chi connectivity index (χ0v) is 12.4. The van der Waals surface area contributed by atoms with Crippen LogP contribution in [0.3, 0.4) is 0 Å². The van der Waals surface area contributed by atoms with Gasteiger partial charge in [-0.2, -0.15) is 5.26 Å². The van der Waals surface area contributed by atoms with E-state index in [2.05, 4.69) is 21.4 Å². The van der Waals surface area contributed by atoms with E-state index < -0.39 is 0 Å². The number of hydrogen-bond donors (Lipinski definition) is 1. The summed E-state index contributed by atoms with van der Waals surface area (Å²) in [4.78, 5) is 8.72. The second-order valence-corrected chi connectivity index (χ2v) is 5.85. The molecule has 0 bridgehead atoms. The van der Waals surface area contributed by atoms with Crippen molar-refractivity contribution in [3.63, 3.8) is 0 Å². The first-order chi connectivity index (χ1) is 9.38. The van der Waals surface area contributed by atoms with E-state index in [0.29, 0.717) is 22.4 Å². The maximum Gasteiger partial charge on any atom is 0.137 e. The lowest BCUT2D eigenvalue weighted by Crippen LogP contribution is -2.16. The average Bonchev–Trinajstić information content (AvgIpc) is 2.38. The smallest absolute Gasteiger partial charge is 0.137 e. The molecule has 0 saturated heterocycles. The first-order valence-electron chi connectivity index (χ1n) is 6.21. The van der Waals surface area contributed by atoms with Gasteiger partial charge in [-0.3, -0.25) is 0 Å². The van der Waals surface area contributed by atoms with Crippen LogP contribution in [0.25, 0.3) is 0 Å². The number of halogens is 1. The molecule has 0 spiro atoms. The van der Waals surface area contributed by atoms with Gasteiger partial charge in [-0.15, -0.1) is 0 Å². The van der Waals surface area contributed by atoms with Crippen molar-refractivity contribution in [3.8, 4) is 6.07 Å². The molecular weight excluding hydrogens is 272 g/mol. The fraction of sp³-hybridized carbons (Fsp3) is 0.267. The van der Waals surface area contributed by atoms with Crippen molar-refractivity contribution in [2.45, 2.75) is 26.2 Å². The van der Waals surface area contributed by atoms with Gasteiger partial charge in [-0.05, 0) is 24.3 Å². The lowest BCUT2D eigenvalue weighted by Gasteiger charge is -2.17. The van der Waals surface area contributed by atoms with E-state index in [0.717, 1.165) is 5.69 Å². The predicted molar refractivity (Wildman–Crippen MR) is 80.2 cm³/mol. The standard InChI is InChI=1S/C15H15ClN4/c1-15(2,3)14-19-12(16)8-13(20-14)18-11-6-4-10(9-17)5-7-11/h4-8H,1-3H3,(H,18,19,20). The minimum absolute atomic E-state index is 0.175. The molecule has 5 heteroatoms. The normalized spacial score (nSPS) is 10.9. The summed E-state index contributed by atoms with van der Waals surface area (Å²) < 4.78 is 0. The number of nitriles is 1. The second-order valence-electron chi connectivity index (χ2n) is 5.46. The molecule has 1 heterocycles. The van der Waals surface area contributed by atoms with Gasteiger partial charge in [0.15, 0.2) is 0 Å². The van der Waals surface area contributed by atoms with Gasteiger partial charge in [-0.25, -0.2) is 9.97 Å². The molecule has 1 N–H and O–H groups in total. The van der Waals surface area contributed by atoms with Crippen molar-refractivity contribution in [1.82, 2.24) is 9.97 Å². The highest BCUT2D eigenvalue weighted by Crippen LogP contribution is 2.24. The molecule has 2 rings (SSSR count). The minimum atomic E-state index is -0.175. The van der Waals surface area contributed by atoms with E-state index >= 15 is 0 Å². The van der Waals surface area contributed by atoms with Crippen molar-refractivity contribution >= 4 is 23.1 Å². The van der Waals surface area contributed by atoms with Crippen molar-refractivity contribution in [2.24, 2.45) is 0 Å². The van der Waals surface area contributed by atoms with Gasteiger partial charge >= 0.3 is 0 Å². The van der Waals surface area contributed by atoms with Crippen molar-refractivity contribution in [2.75, 3.05) is 5.32 Å². The zero-order chi connectivity index (χ0) is 14.8. The molecule has 0 amide bonds. The van der Waals surface area contributed by atoms with Crippen LogP contribution in [0, 0.1) is 11.3 Å². The second kappa shape index (κ2) is 5.48. The molecule has 0 aliphatic carbocycles. The molecule has 0 radical (unpaired) electrons. The highest BCUT2D eigenvalue weighted by molar-refractivity contribution is 6.29. The summed E-state index contributed by atoms with van der Waals surface area (Å²) >= 11 is 6.04. The Kier molecular flexibility index (Phi) is 3.91. The molecule has 0 saturated carbocycles. The third-order valence-electron chi connectivity index (χ3n) is 2.65. The lowest BCUT2D eigenvalue weighted by atomic mass is 9.96. The van der Waals surface area contributed by atoms with Crippen LogP contribution in [-0.2, 0) is 5.41 Å². The molecule has 20 heavy (non-hydrogen) atoms. The molecule has 0 aliphatic rings. The first kappa shape index (κ1) is 14.3. The maximum absolute atomic E-state index is 8.77. The number of nitrogens with zero attached hydrogens (tertiary/aromatic N) is 3. The SMILES string of the molecule is CC(C)(C)c1nc(Cl)cc(Nc2ccc(C#N)cc2)n1. The molecule has 0 aliphatic heterocycles. The Balaban J connectivity index is 2.29. The first-order valence-corrected chi connectivity index (χ1v) is 6.58. The van der Waals surface area contributed by atoms with Crippen molar-refractivity contribution < 1.29 is 0 Å². The number of anilines is 2. The summed E-state index contributed by atoms with van der Waals surface area (Å²) in [7, 11) is 0. The summed E-state index contributed by atoms with van der Waals surface area (Å²) in [6.07, 6.45) is 0. The van der Waals surface area contributed by atoms with Gasteiger partial charge in [0.25, 0.3) is 0 Å². The Morgan fingerprint density at radius 1 is 1.15 bits per heavy atom. The third-order valence-corrected chi connectivity index (χ3v) is 2.85. The number of rotatable bonds is 2. The monoisotopic (exact) mass is 286 g/mol. The number of nitrogens with one attached hydrogen (secondary N) is 1. The quantitative estimate of drug-likeness (QED) is 0.846. The topological polar surface area (TPSA) is 61.6 Å². The Labute approximate surface area is 123 Å². The van der Waals surface area contributed by atoms with E-state index in [-0.39, 0.29) is 5.41 Å². The van der Waals surface area contributed by atoms with Crippen LogP contribution in [0.15, 0.2) is 30.3 Å². The van der Waals surface area contributed by atoms with E-state index in [9.17, 15) is 0 Å². The van der Waals surface area contributed by atoms with E-state index in [1.807, 2.05) is 32.9 Å². The summed E-state index contributed by atoms with van der Waals surface area (Å²) in [6, 6.07) is 10.9. The highest BCUT2D eigenvalue weighted by atomic mass is 35.5. The lowest BCUT2D eigenvalue weighted by molar-refractivity contribution is 0.546. The van der Waals surface area contributed by atoms with E-state index in [1.165, 1.54) is 0 Å². The van der Waals surface area contributed by atoms with Crippen LogP contribution < -0.4 is 5.32 Å². The Bertz CT molecular complexity index is 651. The Morgan fingerprint density at radius 2 is 1.80 bits per heavy atom. The van der Waals surface area contributed by atoms with Gasteiger partial charge in [-0.1, -0.05) is 32.4 Å². The van der Waals surface area contributed by atoms with Gasteiger partial charge < -0.3 is 5.32 Å². The molecule has 2 aromatic rings. The summed E-state index contributed by atoms with van der Waals surface area (Å²) in [5.41, 5.74) is 1.29. The van der Waals surface area contributed by atoms with Gasteiger partial charge in [0, 0.05) is 17.2 Å². The average molecular weight is 287 g/mol. The van der Waals surface area contributed by atoms with Crippen LogP contribution in [0.4, 0.5) is 11.5 Å². The van der Waals surface area contributed by atoms with E-state index in [4.69, 9.17) is 16.9 Å². The fourth-order valence-corrected chi connectivity index (χ4v) is 1.78. The third kappa shape index (κ3) is 3.46. The van der Waals surface area contributed by atoms with E-state index in [1.54, 1.807) is 18.2 Å². The molecule has 0 atom stereocenters. The van der Waals surface area contributed by atoms with Crippen LogP contribution in [0.2, 0.25) is 5.15 Å². The molecule has 1 aromatic carbocycles. The maximum atomic E-state index is 8.77. The molecule has 102 valence electrons. The largest absolute Gasteiger partial charge is 0.340 e. The summed E-state index contributed by atoms with van der Waals surface area (Å²) in [5, 5.41) is 12.3. The van der Waals surface area contributed by atoms with Crippen LogP contribution in [0.1, 0.15) is 32.2 Å². The molecule has 4 nitrogen and oxygen atoms in total. The number of benzene rings is 1. The summed E-state index contributed by atoms with van der Waals surface area (Å²) in [5.74, 6) is 1.32. The highest BCUT2D eigenvalue weighted by Gasteiger charge is 2.18. The van der Waals surface area contributed by atoms with Gasteiger partial charge in [0.1, 0.15) is 16.8 Å². The summed E-state index contributed by atoms with van der Waals surface area (Å²) in [6.45, 7) is 6.10. The van der Waals surface area contributed by atoms with Crippen molar-refractivity contribution in [3.05, 3.63) is 46.9 Å². The molecule has 0 unspecified atom stereocenters. The van der Waals surface area contributed by atoms with Crippen LogP contribution in [-0.4, -0.2) is 9.97 Å². The van der Waals surface area contributed by atoms with Crippen LogP contribution in [0.5, 0.6) is 0 Å². The van der Waals surface area contributed by atoms with Gasteiger partial charge in [0.05, 0.1) is 11.6 Å². The van der Waals surface area contributed by atoms with Crippen LogP contribution >= 0.6 is 11.6 Å². The number of aromatic nitrogens is 2. The fourth-order valence-electron chi connectivity index (χ4n) is 1.59. The molecule has 0 fully saturated rings. The number of hydrogen-bond acceptors (Lipinski definition) is 4. The molecular formula is C15H15ClN4. The zero-order valence-electron chi connectivity index (χ0n) is 11.6. The van der Waals surface area contributed by atoms with Gasteiger partial charge in [0.2, 0.25) is 0 Å². The predicted octanol–water partition coefficient (Wildman–Crippen LogP) is 4.04. The molecule has 1 aromatic heterocycles. The van der Waals surface area contributed by atoms with Crippen molar-refractivity contribution in [1.29, 1.82) is 5.26 Å². The minimum Gasteiger partial charge on any atom is -0.340 e. The Hall–Kier alpha value is -2.12.